The van der Waals surface area contributed by atoms with Gasteiger partial charge in [-0.15, -0.1) is 6.42 Å². The summed E-state index contributed by atoms with van der Waals surface area (Å²) in [5, 5.41) is 10.4. The molecule has 0 saturated carbocycles. The maximum atomic E-state index is 10.4. The Balaban J connectivity index is 0.000000352. The van der Waals surface area contributed by atoms with Gasteiger partial charge in [0.1, 0.15) is 67.7 Å². The zero-order chi connectivity index (χ0) is 39.8. The molecule has 0 aliphatic carbocycles. The molecule has 4 aromatic rings. The molecule has 0 amide bonds. The van der Waals surface area contributed by atoms with Crippen molar-refractivity contribution in [3.8, 4) is 106 Å². The summed E-state index contributed by atoms with van der Waals surface area (Å²) in [4.78, 5) is 0. The number of rotatable bonds is 16. The van der Waals surface area contributed by atoms with Crippen LogP contribution in [0.3, 0.4) is 0 Å². The zero-order valence-corrected chi connectivity index (χ0v) is 31.6. The SMILES string of the molecule is C#CC#CC#CC#CC#CC#CC#CC.OC(COc1ccc(Cc2ccc(OCC3CO3)cc2)cc1)COc1ccc(Cc2ccc(OCC3CO3)cc2)cc1. The Bertz CT molecular complexity index is 2200. The van der Waals surface area contributed by atoms with Crippen LogP contribution in [0.1, 0.15) is 29.2 Å². The molecule has 2 aliphatic heterocycles. The molecule has 2 unspecified atom stereocenters. The van der Waals surface area contributed by atoms with Crippen LogP contribution in [0.15, 0.2) is 97.1 Å². The Morgan fingerprint density at radius 2 is 0.807 bits per heavy atom. The summed E-state index contributed by atoms with van der Waals surface area (Å²) in [5.41, 5.74) is 4.78. The Morgan fingerprint density at radius 3 is 1.11 bits per heavy atom. The number of aliphatic hydroxyl groups excluding tert-OH is 1. The summed E-state index contributed by atoms with van der Waals surface area (Å²) in [7, 11) is 0. The minimum Gasteiger partial charge on any atom is -0.491 e. The van der Waals surface area contributed by atoms with E-state index < -0.39 is 6.10 Å². The maximum absolute atomic E-state index is 10.4. The van der Waals surface area contributed by atoms with Crippen molar-refractivity contribution in [2.45, 2.75) is 38.1 Å². The van der Waals surface area contributed by atoms with Crippen molar-refractivity contribution in [2.24, 2.45) is 0 Å². The first-order valence-electron chi connectivity index (χ1n) is 18.2. The van der Waals surface area contributed by atoms with Gasteiger partial charge in [0.2, 0.25) is 0 Å². The van der Waals surface area contributed by atoms with E-state index in [1.54, 1.807) is 6.92 Å². The van der Waals surface area contributed by atoms with Crippen molar-refractivity contribution in [3.63, 3.8) is 0 Å². The van der Waals surface area contributed by atoms with Crippen LogP contribution in [0.2, 0.25) is 0 Å². The molecule has 4 aromatic carbocycles. The van der Waals surface area contributed by atoms with Crippen molar-refractivity contribution in [1.82, 2.24) is 0 Å². The first kappa shape index (κ1) is 41.1. The van der Waals surface area contributed by atoms with E-state index in [9.17, 15) is 5.11 Å². The molecule has 2 aliphatic rings. The van der Waals surface area contributed by atoms with Crippen LogP contribution < -0.4 is 18.9 Å². The van der Waals surface area contributed by atoms with Crippen LogP contribution in [0.5, 0.6) is 23.0 Å². The molecular weight excluding hydrogens is 713 g/mol. The molecule has 6 rings (SSSR count). The fourth-order valence-electron chi connectivity index (χ4n) is 4.81. The first-order valence-corrected chi connectivity index (χ1v) is 18.2. The molecule has 2 heterocycles. The summed E-state index contributed by atoms with van der Waals surface area (Å²) >= 11 is 0. The van der Waals surface area contributed by atoms with Crippen LogP contribution in [-0.2, 0) is 22.3 Å². The number of epoxide rings is 2. The third-order valence-electron chi connectivity index (χ3n) is 7.89. The molecule has 2 atom stereocenters. The van der Waals surface area contributed by atoms with Crippen molar-refractivity contribution >= 4 is 0 Å². The highest BCUT2D eigenvalue weighted by atomic mass is 16.6. The highest BCUT2D eigenvalue weighted by Gasteiger charge is 2.23. The average molecular weight is 753 g/mol. The topological polar surface area (TPSA) is 82.2 Å². The van der Waals surface area contributed by atoms with Crippen molar-refractivity contribution in [1.29, 1.82) is 0 Å². The summed E-state index contributed by atoms with van der Waals surface area (Å²) in [6.07, 6.45) is 6.28. The van der Waals surface area contributed by atoms with Crippen molar-refractivity contribution < 1.29 is 33.5 Å². The fourth-order valence-corrected chi connectivity index (χ4v) is 4.81. The first-order chi connectivity index (χ1) is 28.1. The summed E-state index contributed by atoms with van der Waals surface area (Å²) in [6, 6.07) is 32.2. The number of aliphatic hydroxyl groups is 1. The molecule has 0 spiro atoms. The van der Waals surface area contributed by atoms with Gasteiger partial charge >= 0.3 is 0 Å². The predicted molar refractivity (Wildman–Crippen MR) is 220 cm³/mol. The summed E-state index contributed by atoms with van der Waals surface area (Å²) < 4.78 is 33.3. The second-order valence-electron chi connectivity index (χ2n) is 12.5. The molecule has 0 bridgehead atoms. The number of benzene rings is 4. The highest BCUT2D eigenvalue weighted by molar-refractivity contribution is 5.45. The Kier molecular flexibility index (Phi) is 17.0. The lowest BCUT2D eigenvalue weighted by Gasteiger charge is -2.14. The third-order valence-corrected chi connectivity index (χ3v) is 7.89. The predicted octanol–water partition coefficient (Wildman–Crippen LogP) is 5.90. The monoisotopic (exact) mass is 752 g/mol. The minimum absolute atomic E-state index is 0.151. The van der Waals surface area contributed by atoms with E-state index in [0.29, 0.717) is 24.7 Å². The lowest BCUT2D eigenvalue weighted by molar-refractivity contribution is 0.0626. The van der Waals surface area contributed by atoms with Gasteiger partial charge in [0.15, 0.2) is 0 Å². The Hall–Kier alpha value is -7.12. The van der Waals surface area contributed by atoms with E-state index >= 15 is 0 Å². The maximum Gasteiger partial charge on any atom is 0.122 e. The second kappa shape index (κ2) is 23.6. The smallest absolute Gasteiger partial charge is 0.122 e. The second-order valence-corrected chi connectivity index (χ2v) is 12.5. The van der Waals surface area contributed by atoms with Gasteiger partial charge in [0.05, 0.1) is 13.2 Å². The Morgan fingerprint density at radius 1 is 0.509 bits per heavy atom. The van der Waals surface area contributed by atoms with Crippen LogP contribution in [-0.4, -0.2) is 63.1 Å². The van der Waals surface area contributed by atoms with Gasteiger partial charge in [-0.25, -0.2) is 0 Å². The van der Waals surface area contributed by atoms with Crippen molar-refractivity contribution in [3.05, 3.63) is 119 Å². The van der Waals surface area contributed by atoms with Gasteiger partial charge < -0.3 is 33.5 Å². The van der Waals surface area contributed by atoms with E-state index in [1.807, 2.05) is 72.8 Å². The van der Waals surface area contributed by atoms with Gasteiger partial charge in [-0.05, 0) is 162 Å². The van der Waals surface area contributed by atoms with E-state index in [-0.39, 0.29) is 25.4 Å². The van der Waals surface area contributed by atoms with E-state index in [4.69, 9.17) is 34.8 Å². The summed E-state index contributed by atoms with van der Waals surface area (Å²) in [5.74, 6) is 35.1. The van der Waals surface area contributed by atoms with Gasteiger partial charge in [0, 0.05) is 0 Å². The fraction of sp³-hybridized carbons (Fsp3) is 0.240. The van der Waals surface area contributed by atoms with Crippen LogP contribution >= 0.6 is 0 Å². The molecule has 2 saturated heterocycles. The third kappa shape index (κ3) is 17.3. The molecule has 0 radical (unpaired) electrons. The van der Waals surface area contributed by atoms with Crippen molar-refractivity contribution in [2.75, 3.05) is 39.6 Å². The highest BCUT2D eigenvalue weighted by Crippen LogP contribution is 2.21. The number of terminal acetylenes is 1. The van der Waals surface area contributed by atoms with Gasteiger partial charge in [-0.3, -0.25) is 0 Å². The molecule has 7 nitrogen and oxygen atoms in total. The number of hydrogen-bond acceptors (Lipinski definition) is 7. The Labute approximate surface area is 336 Å². The normalized spacial score (nSPS) is 14.1. The molecule has 2 fully saturated rings. The standard InChI is InChI=1S/C35H36O7.C15H4/c36-29(19-37-30-9-1-25(2-10-30)17-27-5-13-32(14-6-27)39-21-34-23-41-34)20-38-31-11-3-26(4-12-31)18-28-7-15-33(16-8-28)40-22-35-24-42-35;1-3-5-7-9-11-13-15-14-12-10-8-6-4-2/h1-16,29,34-36H,17-24H2;1H,2H3. The van der Waals surface area contributed by atoms with E-state index in [1.165, 1.54) is 22.3 Å². The largest absolute Gasteiger partial charge is 0.491 e. The van der Waals surface area contributed by atoms with Crippen LogP contribution in [0.4, 0.5) is 0 Å². The van der Waals surface area contributed by atoms with Crippen LogP contribution in [0, 0.1) is 83.4 Å². The summed E-state index contributed by atoms with van der Waals surface area (Å²) in [6.45, 7) is 4.82. The molecule has 0 aromatic heterocycles. The lowest BCUT2D eigenvalue weighted by atomic mass is 10.0. The average Bonchev–Trinajstić information content (AvgIpc) is 4.19. The molecule has 57 heavy (non-hydrogen) atoms. The number of hydrogen-bond donors (Lipinski definition) is 1. The minimum atomic E-state index is -0.747. The van der Waals surface area contributed by atoms with Gasteiger partial charge in [-0.1, -0.05) is 54.5 Å². The molecule has 282 valence electrons. The van der Waals surface area contributed by atoms with Crippen LogP contribution in [0.25, 0.3) is 0 Å². The zero-order valence-electron chi connectivity index (χ0n) is 31.6. The lowest BCUT2D eigenvalue weighted by Crippen LogP contribution is -2.25. The van der Waals surface area contributed by atoms with E-state index in [2.05, 4.69) is 101 Å². The van der Waals surface area contributed by atoms with E-state index in [0.717, 1.165) is 37.6 Å². The van der Waals surface area contributed by atoms with Gasteiger partial charge in [-0.2, -0.15) is 0 Å². The molecule has 1 N–H and O–H groups in total. The molecule has 7 heteroatoms. The van der Waals surface area contributed by atoms with Gasteiger partial charge in [0.25, 0.3) is 0 Å². The quantitative estimate of drug-likeness (QED) is 0.113. The number of ether oxygens (including phenoxy) is 6. The molecular formula is C50H40O7.